The monoisotopic (exact) mass is 263 g/mol. The Kier molecular flexibility index (Phi) is 11.0. The minimum absolute atomic E-state index is 0.728. The highest BCUT2D eigenvalue weighted by atomic mass is 32.2. The summed E-state index contributed by atoms with van der Waals surface area (Å²) in [6.07, 6.45) is 12.2. The first-order chi connectivity index (χ1) is 8.12. The first-order valence-corrected chi connectivity index (χ1v) is 8.48. The van der Waals surface area contributed by atoms with Gasteiger partial charge >= 0.3 is 0 Å². The summed E-state index contributed by atoms with van der Waals surface area (Å²) in [6, 6.07) is 0. The third-order valence-electron chi connectivity index (χ3n) is 2.94. The first-order valence-electron chi connectivity index (χ1n) is 6.90. The molecule has 1 unspecified atom stereocenters. The summed E-state index contributed by atoms with van der Waals surface area (Å²) in [6.45, 7) is 2.24. The molecule has 0 saturated carbocycles. The molecule has 0 aromatic heterocycles. The van der Waals surface area contributed by atoms with E-state index >= 15 is 0 Å². The van der Waals surface area contributed by atoms with Gasteiger partial charge in [-0.3, -0.25) is 0 Å². The molecule has 2 N–H and O–H groups in total. The minimum atomic E-state index is -2.85. The molecule has 0 spiro atoms. The Bertz CT molecular complexity index is 271. The number of hydrogen-bond donors (Lipinski definition) is 2. The lowest BCUT2D eigenvalue weighted by Crippen LogP contribution is -2.19. The summed E-state index contributed by atoms with van der Waals surface area (Å²) >= 11 is 0. The average Bonchev–Trinajstić information content (AvgIpc) is 2.31. The van der Waals surface area contributed by atoms with E-state index in [0.29, 0.717) is 0 Å². The quantitative estimate of drug-likeness (QED) is 0.442. The molecule has 0 amide bonds. The molecule has 0 rings (SSSR count). The lowest BCUT2D eigenvalue weighted by atomic mass is 10.1. The van der Waals surface area contributed by atoms with Crippen LogP contribution in [0.5, 0.6) is 0 Å². The molecule has 4 heteroatoms. The molecule has 0 aromatic rings. The zero-order chi connectivity index (χ0) is 13.0. The SMILES string of the molecule is CCCCCCCCCCCC=S(=O)(O)NC. The number of rotatable bonds is 11. The van der Waals surface area contributed by atoms with Gasteiger partial charge in [0.15, 0.2) is 0 Å². The van der Waals surface area contributed by atoms with Gasteiger partial charge in [-0.2, -0.15) is 0 Å². The van der Waals surface area contributed by atoms with Crippen LogP contribution in [0, 0.1) is 0 Å². The Hall–Kier alpha value is -0.0600. The summed E-state index contributed by atoms with van der Waals surface area (Å²) in [4.78, 5) is 0. The fourth-order valence-corrected chi connectivity index (χ4v) is 2.43. The maximum atomic E-state index is 11.2. The molecule has 0 aromatic carbocycles. The predicted octanol–water partition coefficient (Wildman–Crippen LogP) is 3.60. The molecule has 1 atom stereocenters. The third-order valence-corrected chi connectivity index (χ3v) is 4.22. The van der Waals surface area contributed by atoms with E-state index in [-0.39, 0.29) is 0 Å². The van der Waals surface area contributed by atoms with Crippen LogP contribution in [0.15, 0.2) is 0 Å². The van der Waals surface area contributed by atoms with E-state index in [1.807, 2.05) is 0 Å². The molecule has 0 aliphatic heterocycles. The van der Waals surface area contributed by atoms with Crippen LogP contribution in [-0.4, -0.2) is 21.2 Å². The van der Waals surface area contributed by atoms with Gasteiger partial charge in [-0.05, 0) is 19.9 Å². The van der Waals surface area contributed by atoms with Crippen LogP contribution in [0.2, 0.25) is 0 Å². The van der Waals surface area contributed by atoms with Crippen LogP contribution in [0.4, 0.5) is 0 Å². The van der Waals surface area contributed by atoms with Crippen molar-refractivity contribution >= 4 is 15.4 Å². The lowest BCUT2D eigenvalue weighted by molar-refractivity contribution is 0.549. The topological polar surface area (TPSA) is 49.3 Å². The largest absolute Gasteiger partial charge is 0.302 e. The Morgan fingerprint density at radius 3 is 1.94 bits per heavy atom. The van der Waals surface area contributed by atoms with Crippen molar-refractivity contribution in [2.75, 3.05) is 7.05 Å². The van der Waals surface area contributed by atoms with E-state index in [1.165, 1.54) is 63.8 Å². The maximum Gasteiger partial charge on any atom is 0.141 e. The van der Waals surface area contributed by atoms with E-state index < -0.39 is 9.99 Å². The smallest absolute Gasteiger partial charge is 0.141 e. The molecular formula is C13H29NO2S. The fraction of sp³-hybridized carbons (Fsp3) is 0.923. The van der Waals surface area contributed by atoms with Gasteiger partial charge in [-0.25, -0.2) is 8.93 Å². The zero-order valence-corrected chi connectivity index (χ0v) is 12.2. The molecule has 0 saturated heterocycles. The van der Waals surface area contributed by atoms with E-state index in [4.69, 9.17) is 0 Å². The average molecular weight is 263 g/mol. The van der Waals surface area contributed by atoms with E-state index in [9.17, 15) is 8.76 Å². The summed E-state index contributed by atoms with van der Waals surface area (Å²) in [7, 11) is -1.34. The van der Waals surface area contributed by atoms with Crippen molar-refractivity contribution in [1.82, 2.24) is 4.72 Å². The second-order valence-corrected chi connectivity index (χ2v) is 6.44. The van der Waals surface area contributed by atoms with Gasteiger partial charge in [0.1, 0.15) is 9.99 Å². The molecule has 0 heterocycles. The molecule has 17 heavy (non-hydrogen) atoms. The van der Waals surface area contributed by atoms with E-state index in [2.05, 4.69) is 11.6 Å². The van der Waals surface area contributed by atoms with Gasteiger partial charge in [-0.1, -0.05) is 58.3 Å². The molecule has 0 aliphatic carbocycles. The number of hydrogen-bond acceptors (Lipinski definition) is 1. The van der Waals surface area contributed by atoms with Crippen LogP contribution >= 0.6 is 0 Å². The van der Waals surface area contributed by atoms with Crippen molar-refractivity contribution in [3.8, 4) is 0 Å². The van der Waals surface area contributed by atoms with Gasteiger partial charge in [0.05, 0.1) is 0 Å². The van der Waals surface area contributed by atoms with Gasteiger partial charge in [0.25, 0.3) is 0 Å². The summed E-state index contributed by atoms with van der Waals surface area (Å²) in [5.41, 5.74) is 0. The predicted molar refractivity (Wildman–Crippen MR) is 77.7 cm³/mol. The molecule has 0 bridgehead atoms. The van der Waals surface area contributed by atoms with Crippen LogP contribution in [0.25, 0.3) is 0 Å². The minimum Gasteiger partial charge on any atom is -0.302 e. The Morgan fingerprint density at radius 1 is 1.00 bits per heavy atom. The summed E-state index contributed by atoms with van der Waals surface area (Å²) in [5.74, 6) is 0. The van der Waals surface area contributed by atoms with Crippen LogP contribution in [0.3, 0.4) is 0 Å². The Balaban J connectivity index is 3.25. The highest BCUT2D eigenvalue weighted by molar-refractivity contribution is 7.94. The standard InChI is InChI=1S/C13H29NO2S/c1-3-4-5-6-7-8-9-10-11-12-13-17(15,16)14-2/h13H,3-12H2,1-2H3,(H2,14,15,16). The van der Waals surface area contributed by atoms with E-state index in [0.717, 1.165) is 12.8 Å². The fourth-order valence-electron chi connectivity index (χ4n) is 1.78. The van der Waals surface area contributed by atoms with Crippen molar-refractivity contribution in [2.24, 2.45) is 0 Å². The maximum absolute atomic E-state index is 11.2. The molecular weight excluding hydrogens is 234 g/mol. The van der Waals surface area contributed by atoms with Crippen molar-refractivity contribution in [2.45, 2.75) is 71.1 Å². The highest BCUT2D eigenvalue weighted by Gasteiger charge is 1.95. The Morgan fingerprint density at radius 2 is 1.47 bits per heavy atom. The van der Waals surface area contributed by atoms with Crippen molar-refractivity contribution in [3.63, 3.8) is 0 Å². The number of unbranched alkanes of at least 4 members (excludes halogenated alkanes) is 9. The zero-order valence-electron chi connectivity index (χ0n) is 11.4. The number of nitrogens with one attached hydrogen (secondary N) is 1. The van der Waals surface area contributed by atoms with Crippen molar-refractivity contribution in [1.29, 1.82) is 0 Å². The van der Waals surface area contributed by atoms with Gasteiger partial charge < -0.3 is 4.55 Å². The van der Waals surface area contributed by atoms with Gasteiger partial charge in [0.2, 0.25) is 0 Å². The van der Waals surface area contributed by atoms with E-state index in [1.54, 1.807) is 0 Å². The highest BCUT2D eigenvalue weighted by Crippen LogP contribution is 2.10. The molecule has 0 aliphatic rings. The summed E-state index contributed by atoms with van der Waals surface area (Å²) in [5, 5.41) is 1.49. The van der Waals surface area contributed by atoms with Gasteiger partial charge in [-0.15, -0.1) is 0 Å². The second kappa shape index (κ2) is 11.1. The van der Waals surface area contributed by atoms with Crippen LogP contribution < -0.4 is 4.72 Å². The normalized spacial score (nSPS) is 14.5. The van der Waals surface area contributed by atoms with Gasteiger partial charge in [0, 0.05) is 5.37 Å². The van der Waals surface area contributed by atoms with Crippen molar-refractivity contribution < 1.29 is 8.76 Å². The first kappa shape index (κ1) is 16.9. The third kappa shape index (κ3) is 12.2. The van der Waals surface area contributed by atoms with Crippen LogP contribution in [0.1, 0.15) is 71.1 Å². The lowest BCUT2D eigenvalue weighted by Gasteiger charge is -2.02. The second-order valence-electron chi connectivity index (χ2n) is 4.56. The molecule has 0 fully saturated rings. The van der Waals surface area contributed by atoms with Crippen LogP contribution in [-0.2, 0) is 9.99 Å². The Labute approximate surface area is 107 Å². The molecule has 3 nitrogen and oxygen atoms in total. The van der Waals surface area contributed by atoms with Crippen molar-refractivity contribution in [3.05, 3.63) is 0 Å². The summed E-state index contributed by atoms with van der Waals surface area (Å²) < 4.78 is 22.8. The molecule has 104 valence electrons. The molecule has 0 radical (unpaired) electrons.